The largest absolute Gasteiger partial charge is 0.493 e. The number of anilines is 1. The zero-order valence-corrected chi connectivity index (χ0v) is 21.3. The minimum atomic E-state index is -3.64. The molecule has 1 aliphatic heterocycles. The topological polar surface area (TPSA) is 106 Å². The van der Waals surface area contributed by atoms with Crippen molar-refractivity contribution in [3.8, 4) is 5.75 Å². The standard InChI is InChI=1S/C22H26BrN3O5S2/c1-2-11-31-20-10-5-15(23)13-19(20)21(27)26-22(32)25-16-6-8-18(9-7-16)33(28,29)24-14-17-4-3-12-30-17/h5-10,13,17,24H,2-4,11-12,14H2,1H3,(H2,25,26,27,32). The number of sulfonamides is 1. The monoisotopic (exact) mass is 555 g/mol. The van der Waals surface area contributed by atoms with Crippen molar-refractivity contribution in [2.24, 2.45) is 0 Å². The molecule has 1 aliphatic rings. The molecule has 3 rings (SSSR count). The molecule has 1 unspecified atom stereocenters. The SMILES string of the molecule is CCCOc1ccc(Br)cc1C(=O)NC(=S)Nc1ccc(S(=O)(=O)NCC2CCCO2)cc1. The second-order valence-electron chi connectivity index (χ2n) is 7.41. The van der Waals surface area contributed by atoms with Crippen molar-refractivity contribution in [2.75, 3.05) is 25.1 Å². The molecule has 8 nitrogen and oxygen atoms in total. The Hall–Kier alpha value is -2.05. The maximum Gasteiger partial charge on any atom is 0.261 e. The van der Waals surface area contributed by atoms with Crippen LogP contribution in [-0.4, -0.2) is 45.3 Å². The van der Waals surface area contributed by atoms with E-state index in [2.05, 4.69) is 31.3 Å². The highest BCUT2D eigenvalue weighted by atomic mass is 79.9. The van der Waals surface area contributed by atoms with Gasteiger partial charge in [-0.15, -0.1) is 0 Å². The summed E-state index contributed by atoms with van der Waals surface area (Å²) in [5.41, 5.74) is 0.885. The van der Waals surface area contributed by atoms with Crippen molar-refractivity contribution in [3.05, 3.63) is 52.5 Å². The number of benzene rings is 2. The van der Waals surface area contributed by atoms with Crippen molar-refractivity contribution in [3.63, 3.8) is 0 Å². The van der Waals surface area contributed by atoms with Gasteiger partial charge in [-0.2, -0.15) is 0 Å². The van der Waals surface area contributed by atoms with Crippen LogP contribution in [0.3, 0.4) is 0 Å². The van der Waals surface area contributed by atoms with Crippen LogP contribution in [0, 0.1) is 0 Å². The van der Waals surface area contributed by atoms with Gasteiger partial charge in [0.1, 0.15) is 5.75 Å². The molecule has 0 radical (unpaired) electrons. The number of ether oxygens (including phenoxy) is 2. The summed E-state index contributed by atoms with van der Waals surface area (Å²) < 4.78 is 39.3. The molecule has 1 heterocycles. The van der Waals surface area contributed by atoms with Crippen LogP contribution >= 0.6 is 28.1 Å². The highest BCUT2D eigenvalue weighted by Gasteiger charge is 2.20. The van der Waals surface area contributed by atoms with Crippen molar-refractivity contribution in [1.29, 1.82) is 0 Å². The molecule has 3 N–H and O–H groups in total. The van der Waals surface area contributed by atoms with Crippen LogP contribution in [0.15, 0.2) is 51.8 Å². The van der Waals surface area contributed by atoms with E-state index in [1.807, 2.05) is 6.92 Å². The Morgan fingerprint density at radius 3 is 2.67 bits per heavy atom. The Kier molecular flexibility index (Phi) is 9.21. The molecule has 1 fully saturated rings. The van der Waals surface area contributed by atoms with Crippen molar-refractivity contribution < 1.29 is 22.7 Å². The summed E-state index contributed by atoms with van der Waals surface area (Å²) in [5.74, 6) is 0.0443. The molecule has 1 saturated heterocycles. The first kappa shape index (κ1) is 25.6. The summed E-state index contributed by atoms with van der Waals surface area (Å²) in [4.78, 5) is 12.8. The van der Waals surface area contributed by atoms with Gasteiger partial charge in [0.05, 0.1) is 23.2 Å². The van der Waals surface area contributed by atoms with Gasteiger partial charge in [-0.05, 0) is 73.9 Å². The maximum atomic E-state index is 12.7. The second kappa shape index (κ2) is 11.9. The zero-order valence-electron chi connectivity index (χ0n) is 18.1. The van der Waals surface area contributed by atoms with Gasteiger partial charge in [-0.3, -0.25) is 10.1 Å². The Morgan fingerprint density at radius 2 is 2.00 bits per heavy atom. The van der Waals surface area contributed by atoms with Gasteiger partial charge in [0, 0.05) is 23.3 Å². The highest BCUT2D eigenvalue weighted by Crippen LogP contribution is 2.23. The van der Waals surface area contributed by atoms with Crippen molar-refractivity contribution in [1.82, 2.24) is 10.0 Å². The number of halogens is 1. The molecular formula is C22H26BrN3O5S2. The third-order valence-corrected chi connectivity index (χ3v) is 6.96. The van der Waals surface area contributed by atoms with Crippen LogP contribution in [0.5, 0.6) is 5.75 Å². The number of thiocarbonyl (C=S) groups is 1. The second-order valence-corrected chi connectivity index (χ2v) is 10.5. The summed E-state index contributed by atoms with van der Waals surface area (Å²) >= 11 is 8.61. The normalized spacial score (nSPS) is 15.8. The van der Waals surface area contributed by atoms with Gasteiger partial charge < -0.3 is 14.8 Å². The van der Waals surface area contributed by atoms with Gasteiger partial charge in [-0.1, -0.05) is 22.9 Å². The zero-order chi connectivity index (χ0) is 23.8. The average molecular weight is 557 g/mol. The van der Waals surface area contributed by atoms with Gasteiger partial charge >= 0.3 is 0 Å². The minimum Gasteiger partial charge on any atom is -0.493 e. The molecule has 33 heavy (non-hydrogen) atoms. The van der Waals surface area contributed by atoms with E-state index in [0.717, 1.165) is 23.7 Å². The first-order valence-electron chi connectivity index (χ1n) is 10.5. The lowest BCUT2D eigenvalue weighted by Crippen LogP contribution is -2.34. The fraction of sp³-hybridized carbons (Fsp3) is 0.364. The number of carbonyl (C=O) groups excluding carboxylic acids is 1. The van der Waals surface area contributed by atoms with Crippen molar-refractivity contribution >= 4 is 54.9 Å². The summed E-state index contributed by atoms with van der Waals surface area (Å²) in [5, 5.41) is 5.59. The van der Waals surface area contributed by atoms with E-state index in [1.165, 1.54) is 12.1 Å². The fourth-order valence-corrected chi connectivity index (χ4v) is 4.80. The molecule has 1 atom stereocenters. The van der Waals surface area contributed by atoms with Crippen LogP contribution in [0.25, 0.3) is 0 Å². The summed E-state index contributed by atoms with van der Waals surface area (Å²) in [6.07, 6.45) is 2.52. The van der Waals surface area contributed by atoms with Gasteiger partial charge in [-0.25, -0.2) is 13.1 Å². The Bertz CT molecular complexity index is 1090. The van der Waals surface area contributed by atoms with E-state index >= 15 is 0 Å². The summed E-state index contributed by atoms with van der Waals surface area (Å²) in [7, 11) is -3.64. The number of carbonyl (C=O) groups is 1. The Balaban J connectivity index is 1.58. The summed E-state index contributed by atoms with van der Waals surface area (Å²) in [6.45, 7) is 3.38. The Morgan fingerprint density at radius 1 is 1.24 bits per heavy atom. The van der Waals surface area contributed by atoms with Gasteiger partial charge in [0.2, 0.25) is 10.0 Å². The lowest BCUT2D eigenvalue weighted by atomic mass is 10.2. The predicted molar refractivity (Wildman–Crippen MR) is 134 cm³/mol. The number of hydrogen-bond donors (Lipinski definition) is 3. The molecule has 2 aromatic rings. The molecule has 0 saturated carbocycles. The maximum absolute atomic E-state index is 12.7. The van der Waals surface area contributed by atoms with E-state index in [4.69, 9.17) is 21.7 Å². The van der Waals surface area contributed by atoms with E-state index < -0.39 is 15.9 Å². The van der Waals surface area contributed by atoms with Gasteiger partial charge in [0.15, 0.2) is 5.11 Å². The van der Waals surface area contributed by atoms with E-state index in [1.54, 1.807) is 30.3 Å². The van der Waals surface area contributed by atoms with E-state index in [0.29, 0.717) is 30.2 Å². The first-order chi connectivity index (χ1) is 15.8. The highest BCUT2D eigenvalue weighted by molar-refractivity contribution is 9.10. The molecule has 11 heteroatoms. The predicted octanol–water partition coefficient (Wildman–Crippen LogP) is 3.82. The smallest absolute Gasteiger partial charge is 0.261 e. The van der Waals surface area contributed by atoms with Crippen LogP contribution in [-0.2, 0) is 14.8 Å². The van der Waals surface area contributed by atoms with E-state index in [9.17, 15) is 13.2 Å². The summed E-state index contributed by atoms with van der Waals surface area (Å²) in [6, 6.07) is 11.3. The Labute approximate surface area is 207 Å². The molecule has 0 spiro atoms. The molecule has 178 valence electrons. The third-order valence-electron chi connectivity index (χ3n) is 4.82. The molecular weight excluding hydrogens is 530 g/mol. The van der Waals surface area contributed by atoms with Crippen LogP contribution in [0.2, 0.25) is 0 Å². The fourth-order valence-electron chi connectivity index (χ4n) is 3.16. The number of nitrogens with one attached hydrogen (secondary N) is 3. The molecule has 0 aliphatic carbocycles. The van der Waals surface area contributed by atoms with Crippen LogP contribution < -0.4 is 20.1 Å². The van der Waals surface area contributed by atoms with E-state index in [-0.39, 0.29) is 22.7 Å². The first-order valence-corrected chi connectivity index (χ1v) is 13.2. The van der Waals surface area contributed by atoms with Crippen molar-refractivity contribution in [2.45, 2.75) is 37.2 Å². The minimum absolute atomic E-state index is 0.0773. The molecule has 1 amide bonds. The van der Waals surface area contributed by atoms with Crippen LogP contribution in [0.4, 0.5) is 5.69 Å². The lowest BCUT2D eigenvalue weighted by Gasteiger charge is -2.14. The molecule has 0 bridgehead atoms. The molecule has 0 aromatic heterocycles. The number of amides is 1. The number of rotatable bonds is 9. The average Bonchev–Trinajstić information content (AvgIpc) is 3.31. The van der Waals surface area contributed by atoms with Crippen LogP contribution in [0.1, 0.15) is 36.5 Å². The quantitative estimate of drug-likeness (QED) is 0.404. The van der Waals surface area contributed by atoms with Gasteiger partial charge in [0.25, 0.3) is 5.91 Å². The third kappa shape index (κ3) is 7.47. The molecule has 2 aromatic carbocycles. The lowest BCUT2D eigenvalue weighted by molar-refractivity contribution is 0.0973. The number of hydrogen-bond acceptors (Lipinski definition) is 6.